The van der Waals surface area contributed by atoms with Gasteiger partial charge in [-0.3, -0.25) is 9.59 Å². The fourth-order valence-electron chi connectivity index (χ4n) is 2.73. The highest BCUT2D eigenvalue weighted by molar-refractivity contribution is 5.89. The molecule has 5 nitrogen and oxygen atoms in total. The molecule has 1 atom stereocenters. The van der Waals surface area contributed by atoms with Gasteiger partial charge in [0.2, 0.25) is 11.8 Å². The number of nitrogens with zero attached hydrogens (tertiary/aromatic N) is 1. The Morgan fingerprint density at radius 1 is 1.25 bits per heavy atom. The van der Waals surface area contributed by atoms with Crippen LogP contribution in [0.3, 0.4) is 0 Å². The van der Waals surface area contributed by atoms with Gasteiger partial charge in [0.15, 0.2) is 0 Å². The number of nitrogens with one attached hydrogen (secondary N) is 2. The molecule has 1 aromatic rings. The van der Waals surface area contributed by atoms with Crippen LogP contribution >= 0.6 is 12.4 Å². The molecule has 2 N–H and O–H groups in total. The third kappa shape index (κ3) is 4.88. The highest BCUT2D eigenvalue weighted by Crippen LogP contribution is 2.19. The summed E-state index contributed by atoms with van der Waals surface area (Å²) in [6.45, 7) is 1.12. The summed E-state index contributed by atoms with van der Waals surface area (Å²) in [6.07, 6.45) is 2.08. The summed E-state index contributed by atoms with van der Waals surface area (Å²) in [6, 6.07) is 2.91. The Kier molecular flexibility index (Phi) is 6.12. The Bertz CT molecular complexity index is 605. The quantitative estimate of drug-likeness (QED) is 0.834. The average molecular weight is 360 g/mol. The van der Waals surface area contributed by atoms with E-state index in [9.17, 15) is 18.4 Å². The molecule has 0 bridgehead atoms. The van der Waals surface area contributed by atoms with Gasteiger partial charge in [0.1, 0.15) is 11.6 Å². The fourth-order valence-corrected chi connectivity index (χ4v) is 2.73. The summed E-state index contributed by atoms with van der Waals surface area (Å²) in [5.74, 6) is -1.69. The first kappa shape index (κ1) is 18.6. The predicted molar refractivity (Wildman–Crippen MR) is 86.6 cm³/mol. The highest BCUT2D eigenvalue weighted by Gasteiger charge is 2.31. The van der Waals surface area contributed by atoms with Crippen LogP contribution in [0.2, 0.25) is 0 Å². The number of carbonyl (C=O) groups is 2. The molecule has 1 unspecified atom stereocenters. The van der Waals surface area contributed by atoms with Gasteiger partial charge in [0, 0.05) is 31.7 Å². The van der Waals surface area contributed by atoms with E-state index < -0.39 is 17.7 Å². The van der Waals surface area contributed by atoms with E-state index in [1.165, 1.54) is 17.0 Å². The first-order chi connectivity index (χ1) is 11.0. The molecule has 2 fully saturated rings. The summed E-state index contributed by atoms with van der Waals surface area (Å²) >= 11 is 0. The minimum absolute atomic E-state index is 0. The lowest BCUT2D eigenvalue weighted by Crippen LogP contribution is -2.55. The van der Waals surface area contributed by atoms with E-state index in [2.05, 4.69) is 10.6 Å². The van der Waals surface area contributed by atoms with E-state index in [0.29, 0.717) is 18.7 Å². The Morgan fingerprint density at radius 3 is 2.54 bits per heavy atom. The van der Waals surface area contributed by atoms with Crippen molar-refractivity contribution >= 4 is 24.2 Å². The van der Waals surface area contributed by atoms with E-state index >= 15 is 0 Å². The van der Waals surface area contributed by atoms with Crippen molar-refractivity contribution < 1.29 is 18.4 Å². The minimum atomic E-state index is -0.664. The second-order valence-electron chi connectivity index (χ2n) is 6.09. The van der Waals surface area contributed by atoms with Gasteiger partial charge in [0.05, 0.1) is 12.5 Å². The normalized spacial score (nSPS) is 20.5. The van der Waals surface area contributed by atoms with Crippen LogP contribution in [0.25, 0.3) is 0 Å². The third-order valence-corrected chi connectivity index (χ3v) is 4.01. The Morgan fingerprint density at radius 2 is 1.92 bits per heavy atom. The van der Waals surface area contributed by atoms with Crippen molar-refractivity contribution in [3.63, 3.8) is 0 Å². The minimum Gasteiger partial charge on any atom is -0.353 e. The standard InChI is InChI=1S/C16H19F2N3O2.ClH/c17-11-5-10(6-12(18)7-11)9-21-4-3-19-14(16(21)23)8-15(22)20-13-1-2-13;/h5-7,13-14,19H,1-4,8-9H2,(H,20,22);1H. The Hall–Kier alpha value is -1.73. The topological polar surface area (TPSA) is 61.4 Å². The molecule has 1 saturated carbocycles. The molecule has 0 radical (unpaired) electrons. The molecule has 0 aromatic heterocycles. The SMILES string of the molecule is Cl.O=C(CC1NCCN(Cc2cc(F)cc(F)c2)C1=O)NC1CC1. The van der Waals surface area contributed by atoms with E-state index in [1.807, 2.05) is 0 Å². The van der Waals surface area contributed by atoms with Gasteiger partial charge in [-0.15, -0.1) is 12.4 Å². The van der Waals surface area contributed by atoms with Crippen molar-refractivity contribution in [2.75, 3.05) is 13.1 Å². The van der Waals surface area contributed by atoms with Crippen LogP contribution in [0.15, 0.2) is 18.2 Å². The number of piperazine rings is 1. The number of halogens is 3. The smallest absolute Gasteiger partial charge is 0.240 e. The molecule has 8 heteroatoms. The van der Waals surface area contributed by atoms with Gasteiger partial charge >= 0.3 is 0 Å². The van der Waals surface area contributed by atoms with Gasteiger partial charge in [-0.05, 0) is 30.5 Å². The van der Waals surface area contributed by atoms with Gasteiger partial charge in [-0.1, -0.05) is 0 Å². The van der Waals surface area contributed by atoms with Crippen LogP contribution in [0.1, 0.15) is 24.8 Å². The predicted octanol–water partition coefficient (Wildman–Crippen LogP) is 1.36. The summed E-state index contributed by atoms with van der Waals surface area (Å²) in [7, 11) is 0. The first-order valence-electron chi connectivity index (χ1n) is 7.78. The molecule has 2 amide bonds. The molecule has 0 spiro atoms. The van der Waals surface area contributed by atoms with Crippen molar-refractivity contribution in [2.45, 2.75) is 37.9 Å². The number of rotatable bonds is 5. The molecule has 1 aliphatic carbocycles. The van der Waals surface area contributed by atoms with E-state index in [0.717, 1.165) is 18.9 Å². The van der Waals surface area contributed by atoms with E-state index in [1.54, 1.807) is 0 Å². The number of amides is 2. The maximum Gasteiger partial charge on any atom is 0.240 e. The third-order valence-electron chi connectivity index (χ3n) is 4.01. The van der Waals surface area contributed by atoms with Crippen LogP contribution in [0.4, 0.5) is 8.78 Å². The lowest BCUT2D eigenvalue weighted by molar-refractivity contribution is -0.138. The monoisotopic (exact) mass is 359 g/mol. The molecule has 1 heterocycles. The molecule has 1 saturated heterocycles. The largest absolute Gasteiger partial charge is 0.353 e. The molecule has 2 aliphatic rings. The van der Waals surface area contributed by atoms with Crippen molar-refractivity contribution in [3.05, 3.63) is 35.4 Å². The van der Waals surface area contributed by atoms with Crippen molar-refractivity contribution in [2.24, 2.45) is 0 Å². The Labute approximate surface area is 145 Å². The fraction of sp³-hybridized carbons (Fsp3) is 0.500. The number of hydrogen-bond acceptors (Lipinski definition) is 3. The summed E-state index contributed by atoms with van der Waals surface area (Å²) < 4.78 is 26.5. The highest BCUT2D eigenvalue weighted by atomic mass is 35.5. The molecular weight excluding hydrogens is 340 g/mol. The zero-order valence-corrected chi connectivity index (χ0v) is 13.9. The average Bonchev–Trinajstić information content (AvgIpc) is 3.26. The zero-order valence-electron chi connectivity index (χ0n) is 13.1. The van der Waals surface area contributed by atoms with Crippen LogP contribution < -0.4 is 10.6 Å². The Balaban J connectivity index is 0.00000208. The maximum atomic E-state index is 13.2. The first-order valence-corrected chi connectivity index (χ1v) is 7.78. The molecule has 3 rings (SSSR count). The van der Waals surface area contributed by atoms with E-state index in [-0.39, 0.29) is 43.2 Å². The van der Waals surface area contributed by atoms with Crippen molar-refractivity contribution in [3.8, 4) is 0 Å². The number of carbonyl (C=O) groups excluding carboxylic acids is 2. The maximum absolute atomic E-state index is 13.2. The molecule has 24 heavy (non-hydrogen) atoms. The summed E-state index contributed by atoms with van der Waals surface area (Å²) in [5.41, 5.74) is 0.402. The van der Waals surface area contributed by atoms with Crippen LogP contribution in [-0.2, 0) is 16.1 Å². The summed E-state index contributed by atoms with van der Waals surface area (Å²) in [4.78, 5) is 25.8. The van der Waals surface area contributed by atoms with Gasteiger partial charge < -0.3 is 15.5 Å². The lowest BCUT2D eigenvalue weighted by Gasteiger charge is -2.33. The molecule has 1 aromatic carbocycles. The van der Waals surface area contributed by atoms with Crippen LogP contribution in [0.5, 0.6) is 0 Å². The number of benzene rings is 1. The molecular formula is C16H20ClF2N3O2. The van der Waals surface area contributed by atoms with E-state index in [4.69, 9.17) is 0 Å². The van der Waals surface area contributed by atoms with Gasteiger partial charge in [0.25, 0.3) is 0 Å². The number of hydrogen-bond donors (Lipinski definition) is 2. The molecule has 1 aliphatic heterocycles. The van der Waals surface area contributed by atoms with Crippen LogP contribution in [0, 0.1) is 11.6 Å². The molecule has 132 valence electrons. The lowest BCUT2D eigenvalue weighted by atomic mass is 10.1. The second kappa shape index (κ2) is 7.90. The van der Waals surface area contributed by atoms with Crippen molar-refractivity contribution in [1.29, 1.82) is 0 Å². The van der Waals surface area contributed by atoms with Gasteiger partial charge in [-0.2, -0.15) is 0 Å². The summed E-state index contributed by atoms with van der Waals surface area (Å²) in [5, 5.41) is 5.88. The van der Waals surface area contributed by atoms with Crippen LogP contribution in [-0.4, -0.2) is 41.9 Å². The zero-order chi connectivity index (χ0) is 16.4. The van der Waals surface area contributed by atoms with Crippen molar-refractivity contribution in [1.82, 2.24) is 15.5 Å². The van der Waals surface area contributed by atoms with Gasteiger partial charge in [-0.25, -0.2) is 8.78 Å². The second-order valence-corrected chi connectivity index (χ2v) is 6.09.